The van der Waals surface area contributed by atoms with Crippen LogP contribution in [0.3, 0.4) is 0 Å². The van der Waals surface area contributed by atoms with Crippen molar-refractivity contribution < 1.29 is 18.4 Å². The van der Waals surface area contributed by atoms with Crippen LogP contribution in [0.5, 0.6) is 0 Å². The van der Waals surface area contributed by atoms with Gasteiger partial charge in [-0.2, -0.15) is 0 Å². The van der Waals surface area contributed by atoms with Crippen molar-refractivity contribution >= 4 is 40.6 Å². The molecule has 9 heteroatoms. The Kier molecular flexibility index (Phi) is 5.36. The van der Waals surface area contributed by atoms with Crippen LogP contribution in [0.15, 0.2) is 24.3 Å². The highest BCUT2D eigenvalue weighted by molar-refractivity contribution is 6.31. The summed E-state index contributed by atoms with van der Waals surface area (Å²) in [6, 6.07) is 6.70. The largest absolute Gasteiger partial charge is 0.356 e. The Labute approximate surface area is 177 Å². The zero-order valence-corrected chi connectivity index (χ0v) is 17.2. The molecule has 30 heavy (non-hydrogen) atoms. The molecule has 1 aromatic heterocycles. The van der Waals surface area contributed by atoms with E-state index in [9.17, 15) is 18.4 Å². The monoisotopic (exact) mass is 434 g/mol. The van der Waals surface area contributed by atoms with Gasteiger partial charge in [0.2, 0.25) is 11.8 Å². The molecule has 2 aliphatic rings. The molecule has 0 radical (unpaired) electrons. The Bertz CT molecular complexity index is 1030. The molecule has 2 aliphatic heterocycles. The number of nitrogens with one attached hydrogen (secondary N) is 2. The van der Waals surface area contributed by atoms with E-state index in [0.717, 1.165) is 5.56 Å². The van der Waals surface area contributed by atoms with E-state index in [1.165, 1.54) is 6.07 Å². The normalized spacial score (nSPS) is 17.9. The van der Waals surface area contributed by atoms with E-state index in [4.69, 9.17) is 11.6 Å². The van der Waals surface area contributed by atoms with Crippen LogP contribution in [0.2, 0.25) is 5.02 Å². The van der Waals surface area contributed by atoms with Gasteiger partial charge < -0.3 is 15.5 Å². The highest BCUT2D eigenvalue weighted by atomic mass is 35.5. The number of carbonyl (C=O) groups excluding carboxylic acids is 2. The van der Waals surface area contributed by atoms with Gasteiger partial charge >= 0.3 is 0 Å². The first-order valence-corrected chi connectivity index (χ1v) is 10.1. The quantitative estimate of drug-likeness (QED) is 0.750. The predicted molar refractivity (Wildman–Crippen MR) is 112 cm³/mol. The van der Waals surface area contributed by atoms with E-state index >= 15 is 0 Å². The maximum Gasteiger partial charge on any atom is 0.259 e. The van der Waals surface area contributed by atoms with Gasteiger partial charge in [0.15, 0.2) is 0 Å². The summed E-state index contributed by atoms with van der Waals surface area (Å²) in [5, 5.41) is 5.86. The van der Waals surface area contributed by atoms with Crippen molar-refractivity contribution in [3.63, 3.8) is 0 Å². The zero-order chi connectivity index (χ0) is 21.5. The predicted octanol–water partition coefficient (Wildman–Crippen LogP) is 4.42. The molecule has 2 amide bonds. The third-order valence-electron chi connectivity index (χ3n) is 5.39. The summed E-state index contributed by atoms with van der Waals surface area (Å²) in [6.45, 7) is 2.20. The lowest BCUT2D eigenvalue weighted by Gasteiger charge is -2.24. The van der Waals surface area contributed by atoms with E-state index < -0.39 is 11.8 Å². The van der Waals surface area contributed by atoms with Crippen LogP contribution < -0.4 is 15.5 Å². The summed E-state index contributed by atoms with van der Waals surface area (Å²) in [5.41, 5.74) is 2.78. The van der Waals surface area contributed by atoms with Crippen LogP contribution in [0.4, 0.5) is 26.0 Å². The van der Waals surface area contributed by atoms with E-state index in [-0.39, 0.29) is 30.9 Å². The van der Waals surface area contributed by atoms with Gasteiger partial charge in [-0.3, -0.25) is 9.59 Å². The third-order valence-corrected chi connectivity index (χ3v) is 5.77. The molecule has 0 unspecified atom stereocenters. The number of alkyl halides is 2. The first kappa shape index (κ1) is 20.5. The Morgan fingerprint density at radius 1 is 1.27 bits per heavy atom. The second-order valence-corrected chi connectivity index (χ2v) is 8.08. The number of carbonyl (C=O) groups is 2. The molecule has 1 aromatic carbocycles. The number of hydrogen-bond donors (Lipinski definition) is 2. The molecule has 6 nitrogen and oxygen atoms in total. The van der Waals surface area contributed by atoms with Gasteiger partial charge in [-0.1, -0.05) is 17.7 Å². The Balaban J connectivity index is 1.62. The molecule has 0 bridgehead atoms. The first-order valence-electron chi connectivity index (χ1n) is 9.76. The molecule has 0 aliphatic carbocycles. The van der Waals surface area contributed by atoms with Gasteiger partial charge in [-0.05, 0) is 37.1 Å². The summed E-state index contributed by atoms with van der Waals surface area (Å²) in [6.07, 6.45) is 0.146. The van der Waals surface area contributed by atoms with Crippen molar-refractivity contribution in [3.05, 3.63) is 46.1 Å². The van der Waals surface area contributed by atoms with Crippen LogP contribution >= 0.6 is 11.6 Å². The number of rotatable bonds is 3. The highest BCUT2D eigenvalue weighted by Crippen LogP contribution is 2.33. The molecular weight excluding hydrogens is 414 g/mol. The van der Waals surface area contributed by atoms with Gasteiger partial charge in [0.1, 0.15) is 5.82 Å². The maximum atomic E-state index is 13.8. The Morgan fingerprint density at radius 2 is 2.07 bits per heavy atom. The number of pyridine rings is 1. The van der Waals surface area contributed by atoms with Crippen molar-refractivity contribution in [1.82, 2.24) is 4.98 Å². The number of aromatic nitrogens is 1. The zero-order valence-electron chi connectivity index (χ0n) is 16.4. The molecular formula is C21H21ClF2N4O2. The second kappa shape index (κ2) is 7.83. The molecule has 158 valence electrons. The van der Waals surface area contributed by atoms with E-state index in [2.05, 4.69) is 15.6 Å². The summed E-state index contributed by atoms with van der Waals surface area (Å²) in [5.74, 6) is -2.91. The molecule has 0 atom stereocenters. The summed E-state index contributed by atoms with van der Waals surface area (Å²) >= 11 is 6.21. The number of nitrogens with zero attached hydrogens (tertiary/aromatic N) is 2. The smallest absolute Gasteiger partial charge is 0.259 e. The van der Waals surface area contributed by atoms with Gasteiger partial charge in [-0.15, -0.1) is 0 Å². The summed E-state index contributed by atoms with van der Waals surface area (Å²) in [4.78, 5) is 30.8. The van der Waals surface area contributed by atoms with E-state index in [1.807, 2.05) is 0 Å². The minimum atomic E-state index is -2.71. The molecule has 1 fully saturated rings. The van der Waals surface area contributed by atoms with E-state index in [1.54, 1.807) is 30.0 Å². The van der Waals surface area contributed by atoms with Crippen molar-refractivity contribution in [2.75, 3.05) is 28.6 Å². The number of aryl methyl sites for hydroxylation is 1. The Hall–Kier alpha value is -2.74. The fraction of sp³-hybridized carbons (Fsp3) is 0.381. The van der Waals surface area contributed by atoms with Gasteiger partial charge in [0.25, 0.3) is 5.91 Å². The lowest BCUT2D eigenvalue weighted by molar-refractivity contribution is -0.115. The molecule has 1 saturated heterocycles. The average Bonchev–Trinajstić information content (AvgIpc) is 2.95. The lowest BCUT2D eigenvalue weighted by Crippen LogP contribution is -2.29. The van der Waals surface area contributed by atoms with Gasteiger partial charge in [-0.25, -0.2) is 13.8 Å². The molecule has 2 aromatic rings. The van der Waals surface area contributed by atoms with Crippen molar-refractivity contribution in [1.29, 1.82) is 0 Å². The molecule has 2 N–H and O–H groups in total. The maximum absolute atomic E-state index is 13.8. The highest BCUT2D eigenvalue weighted by Gasteiger charge is 2.33. The molecule has 4 rings (SSSR count). The van der Waals surface area contributed by atoms with Crippen LogP contribution in [0, 0.1) is 6.92 Å². The molecule has 0 spiro atoms. The van der Waals surface area contributed by atoms with Crippen LogP contribution in [-0.4, -0.2) is 35.8 Å². The number of benzene rings is 1. The third kappa shape index (κ3) is 4.23. The second-order valence-electron chi connectivity index (χ2n) is 7.67. The number of hydrogen-bond acceptors (Lipinski definition) is 4. The average molecular weight is 435 g/mol. The minimum absolute atomic E-state index is 0.0942. The van der Waals surface area contributed by atoms with Crippen molar-refractivity contribution in [2.45, 2.75) is 38.5 Å². The van der Waals surface area contributed by atoms with Gasteiger partial charge in [0, 0.05) is 37.3 Å². The van der Waals surface area contributed by atoms with Gasteiger partial charge in [0.05, 0.1) is 22.7 Å². The summed E-state index contributed by atoms with van der Waals surface area (Å²) < 4.78 is 27.6. The van der Waals surface area contributed by atoms with Crippen molar-refractivity contribution in [2.24, 2.45) is 0 Å². The summed E-state index contributed by atoms with van der Waals surface area (Å²) in [7, 11) is 0. The number of anilines is 3. The first-order chi connectivity index (χ1) is 14.2. The number of halogens is 3. The van der Waals surface area contributed by atoms with Crippen LogP contribution in [0.1, 0.15) is 40.9 Å². The SMILES string of the molecule is Cc1nc(N2CCCC(F)(F)CC2)c(C(=O)Nc2ccc3c(c2)NC(=O)C3)cc1Cl. The van der Waals surface area contributed by atoms with Crippen LogP contribution in [0.25, 0.3) is 0 Å². The Morgan fingerprint density at radius 3 is 2.87 bits per heavy atom. The topological polar surface area (TPSA) is 74.3 Å². The van der Waals surface area contributed by atoms with Crippen molar-refractivity contribution in [3.8, 4) is 0 Å². The lowest BCUT2D eigenvalue weighted by atomic mass is 10.1. The number of fused-ring (bicyclic) bond motifs is 1. The fourth-order valence-corrected chi connectivity index (χ4v) is 3.89. The molecule has 3 heterocycles. The van der Waals surface area contributed by atoms with E-state index in [0.29, 0.717) is 47.3 Å². The molecule has 0 saturated carbocycles. The van der Waals surface area contributed by atoms with Crippen LogP contribution in [-0.2, 0) is 11.2 Å². The standard InChI is InChI=1S/C21H21ClF2N4O2/c1-12-16(22)11-15(19(25-12)28-7-2-5-21(23,24)6-8-28)20(30)26-14-4-3-13-9-18(29)27-17(13)10-14/h3-4,10-11H,2,5-9H2,1H3,(H,26,30)(H,27,29). The fourth-order valence-electron chi connectivity index (χ4n) is 3.74. The minimum Gasteiger partial charge on any atom is -0.356 e. The number of amides is 2.